The average molecular weight is 380 g/mol. The number of anilines is 2. The number of piperazine rings is 2. The highest BCUT2D eigenvalue weighted by molar-refractivity contribution is 5.94. The Bertz CT molecular complexity index is 811. The molecule has 0 spiro atoms. The minimum atomic E-state index is 0.109. The molecule has 0 unspecified atom stereocenters. The predicted molar refractivity (Wildman–Crippen MR) is 111 cm³/mol. The van der Waals surface area contributed by atoms with Crippen molar-refractivity contribution in [1.82, 2.24) is 19.8 Å². The molecular formula is C21H28N6O. The highest BCUT2D eigenvalue weighted by atomic mass is 16.2. The number of benzene rings is 1. The molecule has 0 saturated carbocycles. The number of rotatable bonds is 3. The molecule has 1 aromatic carbocycles. The molecule has 2 aliphatic rings. The summed E-state index contributed by atoms with van der Waals surface area (Å²) in [5.41, 5.74) is 0.756. The third kappa shape index (κ3) is 4.09. The number of nitrogens with zero attached hydrogens (tertiary/aromatic N) is 6. The van der Waals surface area contributed by atoms with E-state index in [1.54, 1.807) is 0 Å². The van der Waals surface area contributed by atoms with E-state index in [4.69, 9.17) is 0 Å². The van der Waals surface area contributed by atoms with Crippen LogP contribution < -0.4 is 9.80 Å². The summed E-state index contributed by atoms with van der Waals surface area (Å²) in [5, 5.41) is 0. The van der Waals surface area contributed by atoms with Gasteiger partial charge in [-0.25, -0.2) is 9.97 Å². The molecule has 0 aliphatic carbocycles. The molecule has 3 heterocycles. The fourth-order valence-electron chi connectivity index (χ4n) is 3.80. The Labute approximate surface area is 166 Å². The molecule has 0 radical (unpaired) electrons. The van der Waals surface area contributed by atoms with Crippen LogP contribution >= 0.6 is 0 Å². The number of aryl methyl sites for hydroxylation is 1. The minimum Gasteiger partial charge on any atom is -0.354 e. The van der Waals surface area contributed by atoms with Gasteiger partial charge in [-0.05, 0) is 26.1 Å². The molecular weight excluding hydrogens is 352 g/mol. The topological polar surface area (TPSA) is 55.8 Å². The molecule has 2 aromatic rings. The van der Waals surface area contributed by atoms with Gasteiger partial charge in [0.25, 0.3) is 5.91 Å². The number of hydrogen-bond acceptors (Lipinski definition) is 6. The number of likely N-dealkylation sites (N-methyl/N-ethyl adjacent to an activating group) is 1. The maximum atomic E-state index is 12.7. The largest absolute Gasteiger partial charge is 0.354 e. The van der Waals surface area contributed by atoms with Gasteiger partial charge in [-0.2, -0.15) is 0 Å². The molecule has 4 rings (SSSR count). The number of aromatic nitrogens is 2. The number of hydrogen-bond donors (Lipinski definition) is 0. The molecule has 28 heavy (non-hydrogen) atoms. The van der Waals surface area contributed by atoms with Crippen LogP contribution in [0.2, 0.25) is 0 Å². The van der Waals surface area contributed by atoms with Crippen LogP contribution in [-0.4, -0.2) is 85.1 Å². The zero-order valence-corrected chi connectivity index (χ0v) is 16.7. The van der Waals surface area contributed by atoms with E-state index in [0.717, 1.165) is 62.3 Å². The van der Waals surface area contributed by atoms with E-state index >= 15 is 0 Å². The Morgan fingerprint density at radius 1 is 0.821 bits per heavy atom. The molecule has 0 bridgehead atoms. The second-order valence-electron chi connectivity index (χ2n) is 7.57. The van der Waals surface area contributed by atoms with Gasteiger partial charge in [-0.3, -0.25) is 4.79 Å². The summed E-state index contributed by atoms with van der Waals surface area (Å²) < 4.78 is 0. The molecule has 7 nitrogen and oxygen atoms in total. The van der Waals surface area contributed by atoms with E-state index in [9.17, 15) is 4.79 Å². The van der Waals surface area contributed by atoms with Gasteiger partial charge >= 0.3 is 0 Å². The van der Waals surface area contributed by atoms with Crippen molar-refractivity contribution in [3.8, 4) is 0 Å². The van der Waals surface area contributed by atoms with Gasteiger partial charge in [-0.15, -0.1) is 0 Å². The SMILES string of the molecule is Cc1nc(N2CCN(C)CC2)cc(N2CCN(C(=O)c3ccccc3)CC2)n1. The van der Waals surface area contributed by atoms with Gasteiger partial charge in [0.2, 0.25) is 0 Å². The number of carbonyl (C=O) groups excluding carboxylic acids is 1. The number of carbonyl (C=O) groups is 1. The standard InChI is InChI=1S/C21H28N6O/c1-17-22-19(25-10-8-24(2)9-11-25)16-20(23-17)26-12-14-27(15-13-26)21(28)18-6-4-3-5-7-18/h3-7,16H,8-15H2,1-2H3. The van der Waals surface area contributed by atoms with Crippen LogP contribution in [0.4, 0.5) is 11.6 Å². The summed E-state index contributed by atoms with van der Waals surface area (Å²) in [6.45, 7) is 9.04. The smallest absolute Gasteiger partial charge is 0.253 e. The van der Waals surface area contributed by atoms with Crippen LogP contribution in [0.1, 0.15) is 16.2 Å². The second-order valence-corrected chi connectivity index (χ2v) is 7.57. The zero-order chi connectivity index (χ0) is 19.5. The molecule has 0 N–H and O–H groups in total. The van der Waals surface area contributed by atoms with Crippen LogP contribution in [-0.2, 0) is 0 Å². The van der Waals surface area contributed by atoms with Crippen molar-refractivity contribution in [2.75, 3.05) is 69.2 Å². The lowest BCUT2D eigenvalue weighted by Gasteiger charge is -2.37. The zero-order valence-electron chi connectivity index (χ0n) is 16.7. The lowest BCUT2D eigenvalue weighted by atomic mass is 10.2. The molecule has 2 saturated heterocycles. The quantitative estimate of drug-likeness (QED) is 0.804. The molecule has 148 valence electrons. The summed E-state index contributed by atoms with van der Waals surface area (Å²) in [6.07, 6.45) is 0. The Morgan fingerprint density at radius 2 is 1.36 bits per heavy atom. The second kappa shape index (κ2) is 8.14. The van der Waals surface area contributed by atoms with E-state index in [2.05, 4.69) is 37.8 Å². The van der Waals surface area contributed by atoms with Crippen LogP contribution in [0.5, 0.6) is 0 Å². The third-order valence-electron chi connectivity index (χ3n) is 5.55. The van der Waals surface area contributed by atoms with Crippen molar-refractivity contribution in [1.29, 1.82) is 0 Å². The van der Waals surface area contributed by atoms with Crippen LogP contribution in [0.3, 0.4) is 0 Å². The van der Waals surface area contributed by atoms with Gasteiger partial charge in [0.05, 0.1) is 0 Å². The lowest BCUT2D eigenvalue weighted by molar-refractivity contribution is 0.0746. The van der Waals surface area contributed by atoms with Gasteiger partial charge in [0.15, 0.2) is 0 Å². The Morgan fingerprint density at radius 3 is 1.93 bits per heavy atom. The van der Waals surface area contributed by atoms with Crippen molar-refractivity contribution in [2.45, 2.75) is 6.92 Å². The van der Waals surface area contributed by atoms with Gasteiger partial charge in [-0.1, -0.05) is 18.2 Å². The van der Waals surface area contributed by atoms with Crippen molar-refractivity contribution < 1.29 is 4.79 Å². The van der Waals surface area contributed by atoms with E-state index in [1.165, 1.54) is 0 Å². The number of amides is 1. The molecule has 1 amide bonds. The Balaban J connectivity index is 1.42. The van der Waals surface area contributed by atoms with E-state index in [1.807, 2.05) is 42.2 Å². The van der Waals surface area contributed by atoms with Crippen LogP contribution in [0.15, 0.2) is 36.4 Å². The van der Waals surface area contributed by atoms with Crippen molar-refractivity contribution >= 4 is 17.5 Å². The normalized spacial score (nSPS) is 18.4. The molecule has 7 heteroatoms. The van der Waals surface area contributed by atoms with Gasteiger partial charge in [0, 0.05) is 64.0 Å². The first-order valence-corrected chi connectivity index (χ1v) is 9.98. The molecule has 1 aromatic heterocycles. The fourth-order valence-corrected chi connectivity index (χ4v) is 3.80. The first-order chi connectivity index (χ1) is 13.6. The van der Waals surface area contributed by atoms with Crippen molar-refractivity contribution in [3.05, 3.63) is 47.8 Å². The van der Waals surface area contributed by atoms with E-state index < -0.39 is 0 Å². The summed E-state index contributed by atoms with van der Waals surface area (Å²) in [4.78, 5) is 30.9. The van der Waals surface area contributed by atoms with Gasteiger partial charge in [0.1, 0.15) is 17.5 Å². The van der Waals surface area contributed by atoms with Gasteiger partial charge < -0.3 is 19.6 Å². The predicted octanol–water partition coefficient (Wildman–Crippen LogP) is 1.50. The Hall–Kier alpha value is -2.67. The lowest BCUT2D eigenvalue weighted by Crippen LogP contribution is -2.49. The first kappa shape index (κ1) is 18.7. The van der Waals surface area contributed by atoms with Crippen molar-refractivity contribution in [2.24, 2.45) is 0 Å². The van der Waals surface area contributed by atoms with Crippen molar-refractivity contribution in [3.63, 3.8) is 0 Å². The maximum absolute atomic E-state index is 12.7. The van der Waals surface area contributed by atoms with Crippen LogP contribution in [0, 0.1) is 6.92 Å². The summed E-state index contributed by atoms with van der Waals surface area (Å²) in [7, 11) is 2.16. The highest BCUT2D eigenvalue weighted by Crippen LogP contribution is 2.22. The molecule has 2 fully saturated rings. The molecule has 0 atom stereocenters. The Kier molecular flexibility index (Phi) is 5.43. The third-order valence-corrected chi connectivity index (χ3v) is 5.55. The minimum absolute atomic E-state index is 0.109. The average Bonchev–Trinajstić information content (AvgIpc) is 2.74. The summed E-state index contributed by atoms with van der Waals surface area (Å²) >= 11 is 0. The monoisotopic (exact) mass is 380 g/mol. The fraction of sp³-hybridized carbons (Fsp3) is 0.476. The van der Waals surface area contributed by atoms with E-state index in [0.29, 0.717) is 13.1 Å². The summed E-state index contributed by atoms with van der Waals surface area (Å²) in [5.74, 6) is 2.89. The first-order valence-electron chi connectivity index (χ1n) is 9.98. The highest BCUT2D eigenvalue weighted by Gasteiger charge is 2.24. The molecule has 2 aliphatic heterocycles. The maximum Gasteiger partial charge on any atom is 0.253 e. The van der Waals surface area contributed by atoms with E-state index in [-0.39, 0.29) is 5.91 Å². The summed E-state index contributed by atoms with van der Waals surface area (Å²) in [6, 6.07) is 11.6. The van der Waals surface area contributed by atoms with Crippen LogP contribution in [0.25, 0.3) is 0 Å².